The van der Waals surface area contributed by atoms with E-state index in [-0.39, 0.29) is 269 Å². The Morgan fingerprint density at radius 1 is 0.341 bits per heavy atom. The highest BCUT2D eigenvalue weighted by Gasteiger charge is 2.73. The molecule has 5 saturated heterocycles. The van der Waals surface area contributed by atoms with E-state index in [0.717, 1.165) is 57.8 Å². The predicted molar refractivity (Wildman–Crippen MR) is 425 cm³/mol. The van der Waals surface area contributed by atoms with Gasteiger partial charge < -0.3 is 75.8 Å². The molecule has 10 saturated carbocycles. The van der Waals surface area contributed by atoms with Gasteiger partial charge in [0.1, 0.15) is 99.7 Å². The van der Waals surface area contributed by atoms with Crippen LogP contribution in [-0.4, -0.2) is 195 Å². The molecule has 0 aromatic heterocycles. The molecule has 0 spiro atoms. The van der Waals surface area contributed by atoms with E-state index < -0.39 is 80.2 Å². The summed E-state index contributed by atoms with van der Waals surface area (Å²) in [4.78, 5) is 190. The largest absolute Gasteiger partial charge is 0.465 e. The zero-order valence-electron chi connectivity index (χ0n) is 74.9. The van der Waals surface area contributed by atoms with Crippen LogP contribution in [0.5, 0.6) is 0 Å². The van der Waals surface area contributed by atoms with Gasteiger partial charge in [0.2, 0.25) is 0 Å². The predicted octanol–water partition coefficient (Wildman–Crippen LogP) is 10.3. The fraction of sp³-hybridized carbons (Fsp3) is 0.824. The van der Waals surface area contributed by atoms with Crippen molar-refractivity contribution in [1.29, 1.82) is 0 Å². The maximum atomic E-state index is 12.2. The van der Waals surface area contributed by atoms with Gasteiger partial charge in [-0.25, -0.2) is 0 Å². The second-order valence-corrected chi connectivity index (χ2v) is 40.4. The van der Waals surface area contributed by atoms with E-state index in [1.165, 1.54) is 0 Å². The number of rotatable bonds is 33. The van der Waals surface area contributed by atoms with Crippen molar-refractivity contribution in [3.05, 3.63) is 0 Å². The highest BCUT2D eigenvalue weighted by molar-refractivity contribution is 5.83. The van der Waals surface area contributed by atoms with E-state index in [2.05, 4.69) is 6.92 Å². The number of ether oxygens (including phenoxy) is 16. The molecule has 0 amide bonds. The standard InChI is InChI=1S/C20H28O8.3C18H26O6.C17H24O6/c1-4-20(2,3)19(24)26-8-7-25-14(21)5-6-15(22)27-16-11-9-12-13(10-11)18(23)28-17(12)16;1-5-17(2,3)16(21)22-7-6-12(19)23-14-13-10-8-18(14,4)9-11(10)15(20)24-13;1-5-17(2,3)16(21)22-7-6-13(19)24-18(4)10-8-11-12(9-10)15(20)23-14(11)18;1-5-17(2,3)16(21)22-7-6-13(19)23-14-10-8-11-12(9-10)18(14,4)24-15(11)20;1-4-17(2,3)16(20)21-6-5-12(18)22-13-9-7-10-11(8-9)15(19)23-14(10)13/h11-13,16-17H,4-10H2,1-3H3;10-11,13-14H,5-9H2,1-4H3;2*10-12,14H,5-9H2,1-4H3;9-11,13-14H,4-8H2,1-3H3. The Morgan fingerprint density at radius 2 is 0.715 bits per heavy atom. The molecule has 0 radical (unpaired) electrons. The van der Waals surface area contributed by atoms with Crippen LogP contribution in [-0.2, 0) is 153 Å². The highest BCUT2D eigenvalue weighted by atomic mass is 16.6. The van der Waals surface area contributed by atoms with Crippen molar-refractivity contribution >= 4 is 95.5 Å². The maximum Gasteiger partial charge on any atom is 0.311 e. The summed E-state index contributed by atoms with van der Waals surface area (Å²) in [5.74, 6) is -3.40. The first kappa shape index (κ1) is 95.2. The van der Waals surface area contributed by atoms with Crippen LogP contribution in [0.4, 0.5) is 0 Å². The Balaban J connectivity index is 0.000000150. The summed E-state index contributed by atoms with van der Waals surface area (Å²) in [6, 6.07) is 0. The summed E-state index contributed by atoms with van der Waals surface area (Å²) < 4.78 is 85.8. The molecule has 10 aliphatic carbocycles. The lowest BCUT2D eigenvalue weighted by Gasteiger charge is -2.36. The molecule has 25 atom stereocenters. The minimum atomic E-state index is -0.739. The first-order chi connectivity index (χ1) is 57.6. The maximum absolute atomic E-state index is 12.2. The van der Waals surface area contributed by atoms with Crippen molar-refractivity contribution < 1.29 is 153 Å². The summed E-state index contributed by atoms with van der Waals surface area (Å²) in [6.45, 7) is 33.4. The quantitative estimate of drug-likeness (QED) is 0.0335. The van der Waals surface area contributed by atoms with Crippen molar-refractivity contribution in [2.75, 3.05) is 39.6 Å². The number of hydrogen-bond acceptors (Lipinski definition) is 32. The second-order valence-electron chi connectivity index (χ2n) is 40.4. The number of carbonyl (C=O) groups is 16. The molecule has 5 aliphatic heterocycles. The van der Waals surface area contributed by atoms with E-state index in [0.29, 0.717) is 38.5 Å². The minimum Gasteiger partial charge on any atom is -0.465 e. The van der Waals surface area contributed by atoms with Crippen molar-refractivity contribution in [2.45, 2.75) is 319 Å². The normalized spacial score (nSPS) is 34.7. The SMILES string of the molecule is CCC(C)(C)C(=O)OCCC(=O)OC1(C)C2CC3C(=O)OC1C3C2.CCC(C)(C)C(=O)OCCC(=O)OC1C2CC3C(=O)OC1(C)C3C2.CCC(C)(C)C(=O)OCCC(=O)OC1C2CC3C(=O)OC1C3C2.CCC(C)(C)C(=O)OCCC(=O)OC1C2OC(=O)C3CC1(C)CC32.CCC(C)(C)C(=O)OCCOC(=O)CCC(=O)OC1C2CC3C(=O)OC1C3C2. The van der Waals surface area contributed by atoms with E-state index in [9.17, 15) is 76.7 Å². The molecule has 0 aromatic rings. The summed E-state index contributed by atoms with van der Waals surface area (Å²) in [5, 5.41) is 0. The van der Waals surface area contributed by atoms with Crippen LogP contribution < -0.4 is 0 Å². The van der Waals surface area contributed by atoms with Crippen LogP contribution in [0, 0.1) is 115 Å². The molecule has 0 aromatic carbocycles. The number of hydrogen-bond donors (Lipinski definition) is 0. The van der Waals surface area contributed by atoms with Gasteiger partial charge in [0, 0.05) is 58.7 Å². The summed E-state index contributed by atoms with van der Waals surface area (Å²) in [5.41, 5.74) is -4.35. The molecule has 10 bridgehead atoms. The van der Waals surface area contributed by atoms with Crippen LogP contribution >= 0.6 is 0 Å². The Bertz CT molecular complexity index is 4010. The Labute approximate surface area is 719 Å². The second kappa shape index (κ2) is 37.2. The van der Waals surface area contributed by atoms with Crippen LogP contribution in [0.25, 0.3) is 0 Å². The summed E-state index contributed by atoms with van der Waals surface area (Å²) >= 11 is 0. The van der Waals surface area contributed by atoms with Crippen molar-refractivity contribution in [3.8, 4) is 0 Å². The van der Waals surface area contributed by atoms with Crippen LogP contribution in [0.1, 0.15) is 259 Å². The first-order valence-electron chi connectivity index (χ1n) is 44.7. The van der Waals surface area contributed by atoms with E-state index in [4.69, 9.17) is 75.8 Å². The lowest BCUT2D eigenvalue weighted by Crippen LogP contribution is -2.47. The monoisotopic (exact) mass is 1730 g/mol. The van der Waals surface area contributed by atoms with Gasteiger partial charge in [-0.2, -0.15) is 0 Å². The zero-order chi connectivity index (χ0) is 90.3. The summed E-state index contributed by atoms with van der Waals surface area (Å²) in [7, 11) is 0. The molecule has 0 N–H and O–H groups in total. The third-order valence-corrected chi connectivity index (χ3v) is 30.4. The molecular formula is C91H130O32. The van der Waals surface area contributed by atoms with Crippen LogP contribution in [0.15, 0.2) is 0 Å². The van der Waals surface area contributed by atoms with Gasteiger partial charge in [-0.1, -0.05) is 41.5 Å². The molecule has 32 heteroatoms. The number of esters is 16. The van der Waals surface area contributed by atoms with Crippen molar-refractivity contribution in [2.24, 2.45) is 115 Å². The van der Waals surface area contributed by atoms with E-state index in [1.54, 1.807) is 13.8 Å². The van der Waals surface area contributed by atoms with Gasteiger partial charge in [0.15, 0.2) is 0 Å². The van der Waals surface area contributed by atoms with Gasteiger partial charge >= 0.3 is 95.5 Å². The van der Waals surface area contributed by atoms with Gasteiger partial charge in [0.05, 0.1) is 95.2 Å². The first-order valence-corrected chi connectivity index (χ1v) is 44.7. The molecule has 32 nitrogen and oxygen atoms in total. The molecular weight excluding hydrogens is 1600 g/mol. The zero-order valence-corrected chi connectivity index (χ0v) is 74.9. The lowest BCUT2D eigenvalue weighted by molar-refractivity contribution is -0.181. The molecule has 15 fully saturated rings. The smallest absolute Gasteiger partial charge is 0.311 e. The van der Waals surface area contributed by atoms with Gasteiger partial charge in [-0.05, 0) is 179 Å². The fourth-order valence-corrected chi connectivity index (χ4v) is 20.8. The number of carbonyl (C=O) groups excluding carboxylic acids is 16. The molecule has 5 heterocycles. The third kappa shape index (κ3) is 19.9. The third-order valence-electron chi connectivity index (χ3n) is 30.4. The molecule has 123 heavy (non-hydrogen) atoms. The summed E-state index contributed by atoms with van der Waals surface area (Å²) in [6.07, 6.45) is 8.63. The van der Waals surface area contributed by atoms with Crippen molar-refractivity contribution in [1.82, 2.24) is 0 Å². The average molecular weight is 1740 g/mol. The molecule has 15 aliphatic rings. The molecule has 15 rings (SSSR count). The van der Waals surface area contributed by atoms with Crippen molar-refractivity contribution in [3.63, 3.8) is 0 Å². The van der Waals surface area contributed by atoms with Gasteiger partial charge in [0.25, 0.3) is 0 Å². The molecule has 686 valence electrons. The van der Waals surface area contributed by atoms with Gasteiger partial charge in [-0.3, -0.25) is 76.7 Å². The number of fused-ring (bicyclic) bond motifs is 5. The topological polar surface area (TPSA) is 421 Å². The average Bonchev–Trinajstić information content (AvgIpc) is 1.55. The Kier molecular flexibility index (Phi) is 28.8. The van der Waals surface area contributed by atoms with E-state index >= 15 is 0 Å². The van der Waals surface area contributed by atoms with Crippen LogP contribution in [0.2, 0.25) is 0 Å². The Hall–Kier alpha value is -8.48. The van der Waals surface area contributed by atoms with Gasteiger partial charge in [-0.15, -0.1) is 0 Å². The fourth-order valence-electron chi connectivity index (χ4n) is 20.8. The Morgan fingerprint density at radius 3 is 1.18 bits per heavy atom. The van der Waals surface area contributed by atoms with Crippen LogP contribution in [0.3, 0.4) is 0 Å². The highest BCUT2D eigenvalue weighted by Crippen LogP contribution is 2.65. The minimum absolute atomic E-state index is 0.0102. The molecule has 25 unspecified atom stereocenters. The lowest BCUT2D eigenvalue weighted by atomic mass is 9.79. The van der Waals surface area contributed by atoms with E-state index in [1.807, 2.05) is 104 Å².